The van der Waals surface area contributed by atoms with E-state index in [4.69, 9.17) is 0 Å². The van der Waals surface area contributed by atoms with Gasteiger partial charge in [0.1, 0.15) is 0 Å². The molecule has 0 saturated carbocycles. The summed E-state index contributed by atoms with van der Waals surface area (Å²) in [6.45, 7) is 6.72. The molecule has 0 aliphatic heterocycles. The van der Waals surface area contributed by atoms with E-state index in [1.807, 2.05) is 49.4 Å². The number of hydrogen-bond donors (Lipinski definition) is 1. The first-order chi connectivity index (χ1) is 10.7. The minimum atomic E-state index is 0. The molecule has 0 unspecified atom stereocenters. The van der Waals surface area contributed by atoms with Gasteiger partial charge in [0.2, 0.25) is 5.91 Å². The summed E-state index contributed by atoms with van der Waals surface area (Å²) < 4.78 is 0. The number of carbonyl (C=O) groups excluding carboxylic acids is 1. The quantitative estimate of drug-likeness (QED) is 0.821. The van der Waals surface area contributed by atoms with Crippen molar-refractivity contribution in [1.82, 2.24) is 4.90 Å². The Morgan fingerprint density at radius 1 is 1.04 bits per heavy atom. The van der Waals surface area contributed by atoms with Crippen molar-refractivity contribution in [2.75, 3.05) is 18.4 Å². The zero-order valence-electron chi connectivity index (χ0n) is 13.8. The number of rotatable bonds is 7. The van der Waals surface area contributed by atoms with Crippen molar-refractivity contribution in [1.29, 1.82) is 0 Å². The summed E-state index contributed by atoms with van der Waals surface area (Å²) >= 11 is 0. The zero-order chi connectivity index (χ0) is 15.8. The standard InChI is InChI=1S/C19H24N2O.ClH/c1-3-21(15-17-10-5-4-6-11-17)14-13-19(22)20-18-12-8-7-9-16(18)2;/h4-12H,3,13-15H2,1-2H3,(H,20,22);1H. The van der Waals surface area contributed by atoms with E-state index in [0.29, 0.717) is 6.42 Å². The number of benzene rings is 2. The number of nitrogens with zero attached hydrogens (tertiary/aromatic N) is 1. The molecule has 0 aromatic heterocycles. The molecule has 0 heterocycles. The minimum Gasteiger partial charge on any atom is -0.326 e. The van der Waals surface area contributed by atoms with Crippen LogP contribution in [0.25, 0.3) is 0 Å². The molecule has 0 atom stereocenters. The molecule has 3 nitrogen and oxygen atoms in total. The van der Waals surface area contributed by atoms with Gasteiger partial charge in [-0.3, -0.25) is 9.69 Å². The molecular formula is C19H25ClN2O. The number of aryl methyl sites for hydroxylation is 1. The lowest BCUT2D eigenvalue weighted by Gasteiger charge is -2.20. The monoisotopic (exact) mass is 332 g/mol. The minimum absolute atomic E-state index is 0. The Hall–Kier alpha value is -1.84. The van der Waals surface area contributed by atoms with Crippen LogP contribution >= 0.6 is 12.4 Å². The smallest absolute Gasteiger partial charge is 0.225 e. The first-order valence-corrected chi connectivity index (χ1v) is 7.81. The van der Waals surface area contributed by atoms with Gasteiger partial charge in [-0.25, -0.2) is 0 Å². The summed E-state index contributed by atoms with van der Waals surface area (Å²) in [6, 6.07) is 18.2. The largest absolute Gasteiger partial charge is 0.326 e. The van der Waals surface area contributed by atoms with Crippen LogP contribution in [-0.4, -0.2) is 23.9 Å². The number of halogens is 1. The van der Waals surface area contributed by atoms with Crippen LogP contribution in [0.2, 0.25) is 0 Å². The number of carbonyl (C=O) groups is 1. The van der Waals surface area contributed by atoms with Crippen molar-refractivity contribution in [3.05, 3.63) is 65.7 Å². The van der Waals surface area contributed by atoms with Crippen LogP contribution in [0.5, 0.6) is 0 Å². The highest BCUT2D eigenvalue weighted by atomic mass is 35.5. The summed E-state index contributed by atoms with van der Waals surface area (Å²) in [6.07, 6.45) is 0.509. The van der Waals surface area contributed by atoms with Crippen molar-refractivity contribution in [2.45, 2.75) is 26.8 Å². The molecule has 0 saturated heterocycles. The predicted molar refractivity (Wildman–Crippen MR) is 99.1 cm³/mol. The fourth-order valence-corrected chi connectivity index (χ4v) is 2.38. The Balaban J connectivity index is 0.00000264. The normalized spacial score (nSPS) is 10.2. The van der Waals surface area contributed by atoms with Gasteiger partial charge >= 0.3 is 0 Å². The number of anilines is 1. The lowest BCUT2D eigenvalue weighted by Crippen LogP contribution is -2.27. The highest BCUT2D eigenvalue weighted by Crippen LogP contribution is 2.13. The van der Waals surface area contributed by atoms with Crippen molar-refractivity contribution >= 4 is 24.0 Å². The third kappa shape index (κ3) is 6.43. The molecule has 2 rings (SSSR count). The third-order valence-corrected chi connectivity index (χ3v) is 3.77. The number of hydrogen-bond acceptors (Lipinski definition) is 2. The van der Waals surface area contributed by atoms with Gasteiger partial charge in [0.05, 0.1) is 0 Å². The maximum absolute atomic E-state index is 12.1. The molecule has 1 N–H and O–H groups in total. The second kappa shape index (κ2) is 10.0. The first-order valence-electron chi connectivity index (χ1n) is 7.81. The van der Waals surface area contributed by atoms with Gasteiger partial charge in [0.15, 0.2) is 0 Å². The van der Waals surface area contributed by atoms with Crippen molar-refractivity contribution in [2.24, 2.45) is 0 Å². The molecule has 0 spiro atoms. The summed E-state index contributed by atoms with van der Waals surface area (Å²) in [4.78, 5) is 14.4. The highest BCUT2D eigenvalue weighted by Gasteiger charge is 2.08. The van der Waals surface area contributed by atoms with E-state index < -0.39 is 0 Å². The highest BCUT2D eigenvalue weighted by molar-refractivity contribution is 5.91. The van der Waals surface area contributed by atoms with Gasteiger partial charge in [-0.15, -0.1) is 12.4 Å². The van der Waals surface area contributed by atoms with E-state index in [2.05, 4.69) is 29.3 Å². The third-order valence-electron chi connectivity index (χ3n) is 3.77. The summed E-state index contributed by atoms with van der Waals surface area (Å²) in [7, 11) is 0. The van der Waals surface area contributed by atoms with Gasteiger partial charge in [-0.2, -0.15) is 0 Å². The van der Waals surface area contributed by atoms with Crippen molar-refractivity contribution in [3.8, 4) is 0 Å². The van der Waals surface area contributed by atoms with E-state index in [1.54, 1.807) is 0 Å². The van der Waals surface area contributed by atoms with Crippen LogP contribution in [0.1, 0.15) is 24.5 Å². The lowest BCUT2D eigenvalue weighted by atomic mass is 10.2. The molecule has 124 valence electrons. The molecule has 1 amide bonds. The maximum Gasteiger partial charge on any atom is 0.225 e. The van der Waals surface area contributed by atoms with Crippen LogP contribution in [0.3, 0.4) is 0 Å². The Morgan fingerprint density at radius 2 is 1.70 bits per heavy atom. The van der Waals surface area contributed by atoms with Crippen LogP contribution in [-0.2, 0) is 11.3 Å². The van der Waals surface area contributed by atoms with Gasteiger partial charge in [-0.1, -0.05) is 55.5 Å². The maximum atomic E-state index is 12.1. The van der Waals surface area contributed by atoms with E-state index in [1.165, 1.54) is 5.56 Å². The lowest BCUT2D eigenvalue weighted by molar-refractivity contribution is -0.116. The SMILES string of the molecule is CCN(CCC(=O)Nc1ccccc1C)Cc1ccccc1.Cl. The average Bonchev–Trinajstić information content (AvgIpc) is 2.54. The molecule has 0 bridgehead atoms. The second-order valence-electron chi connectivity index (χ2n) is 5.47. The molecular weight excluding hydrogens is 308 g/mol. The Labute approximate surface area is 145 Å². The van der Waals surface area contributed by atoms with Crippen LogP contribution < -0.4 is 5.32 Å². The molecule has 0 aliphatic carbocycles. The van der Waals surface area contributed by atoms with Crippen LogP contribution in [0.4, 0.5) is 5.69 Å². The van der Waals surface area contributed by atoms with E-state index >= 15 is 0 Å². The second-order valence-corrected chi connectivity index (χ2v) is 5.47. The topological polar surface area (TPSA) is 32.3 Å². The van der Waals surface area contributed by atoms with Gasteiger partial charge in [0, 0.05) is 25.2 Å². The summed E-state index contributed by atoms with van der Waals surface area (Å²) in [5.74, 6) is 0.0702. The van der Waals surface area contributed by atoms with Crippen LogP contribution in [0, 0.1) is 6.92 Å². The van der Waals surface area contributed by atoms with E-state index in [0.717, 1.165) is 30.9 Å². The van der Waals surface area contributed by atoms with E-state index in [-0.39, 0.29) is 18.3 Å². The van der Waals surface area contributed by atoms with Crippen molar-refractivity contribution < 1.29 is 4.79 Å². The molecule has 23 heavy (non-hydrogen) atoms. The number of para-hydroxylation sites is 1. The van der Waals surface area contributed by atoms with Gasteiger partial charge < -0.3 is 5.32 Å². The van der Waals surface area contributed by atoms with Crippen molar-refractivity contribution in [3.63, 3.8) is 0 Å². The average molecular weight is 333 g/mol. The zero-order valence-corrected chi connectivity index (χ0v) is 14.6. The predicted octanol–water partition coefficient (Wildman–Crippen LogP) is 4.27. The summed E-state index contributed by atoms with van der Waals surface area (Å²) in [5.41, 5.74) is 3.27. The summed E-state index contributed by atoms with van der Waals surface area (Å²) in [5, 5.41) is 2.99. The van der Waals surface area contributed by atoms with E-state index in [9.17, 15) is 4.79 Å². The Bertz CT molecular complexity index is 601. The molecule has 0 fully saturated rings. The molecule has 0 radical (unpaired) electrons. The Morgan fingerprint density at radius 3 is 2.35 bits per heavy atom. The van der Waals surface area contributed by atoms with Crippen LogP contribution in [0.15, 0.2) is 54.6 Å². The first kappa shape index (κ1) is 19.2. The van der Waals surface area contributed by atoms with Gasteiger partial charge in [-0.05, 0) is 30.7 Å². The molecule has 2 aromatic rings. The fourth-order valence-electron chi connectivity index (χ4n) is 2.38. The molecule has 4 heteroatoms. The number of nitrogens with one attached hydrogen (secondary N) is 1. The fraction of sp³-hybridized carbons (Fsp3) is 0.316. The molecule has 0 aliphatic rings. The Kier molecular flexibility index (Phi) is 8.38. The number of amides is 1. The van der Waals surface area contributed by atoms with Gasteiger partial charge in [0.25, 0.3) is 0 Å². The molecule has 2 aromatic carbocycles.